The highest BCUT2D eigenvalue weighted by Gasteiger charge is 2.46. The van der Waals surface area contributed by atoms with Gasteiger partial charge in [0.15, 0.2) is 5.60 Å². The van der Waals surface area contributed by atoms with Crippen molar-refractivity contribution in [3.8, 4) is 11.4 Å². The number of ether oxygens (including phenoxy) is 2. The number of fused-ring (bicyclic) bond motifs is 5. The number of alkyl carbamates (subject to hydrolysis) is 1. The number of nitrogens with zero attached hydrogens (tertiary/aromatic N) is 2. The number of cyclic esters (lactones) is 1. The van der Waals surface area contributed by atoms with Gasteiger partial charge in [-0.25, -0.2) is 19.0 Å². The van der Waals surface area contributed by atoms with Crippen molar-refractivity contribution < 1.29 is 28.6 Å². The van der Waals surface area contributed by atoms with Gasteiger partial charge >= 0.3 is 12.1 Å². The molecule has 6 rings (SSSR count). The smallest absolute Gasteiger partial charge is 0.407 e. The number of aryl methyl sites for hydroxylation is 1. The summed E-state index contributed by atoms with van der Waals surface area (Å²) in [5, 5.41) is 14.8. The van der Waals surface area contributed by atoms with E-state index in [1.807, 2.05) is 0 Å². The Morgan fingerprint density at radius 2 is 2.13 bits per heavy atom. The number of thiol groups is 1. The molecule has 11 heteroatoms. The van der Waals surface area contributed by atoms with E-state index in [4.69, 9.17) is 14.5 Å². The Hall–Kier alpha value is -3.44. The zero-order valence-electron chi connectivity index (χ0n) is 20.9. The molecule has 2 aromatic heterocycles. The monoisotopic (exact) mass is 539 g/mol. The van der Waals surface area contributed by atoms with Crippen molar-refractivity contribution in [3.63, 3.8) is 0 Å². The quantitative estimate of drug-likeness (QED) is 0.269. The lowest BCUT2D eigenvalue weighted by Crippen LogP contribution is -2.44. The number of halogens is 1. The summed E-state index contributed by atoms with van der Waals surface area (Å²) < 4.78 is 26.8. The Kier molecular flexibility index (Phi) is 5.76. The van der Waals surface area contributed by atoms with Gasteiger partial charge in [0.2, 0.25) is 0 Å². The second-order valence-electron chi connectivity index (χ2n) is 9.91. The number of esters is 1. The number of pyridine rings is 2. The Bertz CT molecular complexity index is 1620. The van der Waals surface area contributed by atoms with E-state index in [0.29, 0.717) is 41.1 Å². The molecule has 2 N–H and O–H groups in total. The summed E-state index contributed by atoms with van der Waals surface area (Å²) in [6.45, 7) is 3.46. The third-order valence-corrected chi connectivity index (χ3v) is 8.18. The van der Waals surface area contributed by atoms with Crippen LogP contribution < -0.4 is 10.9 Å². The number of hydrogen-bond acceptors (Lipinski definition) is 8. The highest BCUT2D eigenvalue weighted by molar-refractivity contribution is 7.80. The van der Waals surface area contributed by atoms with Gasteiger partial charge in [0.05, 0.1) is 35.1 Å². The van der Waals surface area contributed by atoms with Crippen molar-refractivity contribution in [2.24, 2.45) is 0 Å². The van der Waals surface area contributed by atoms with Crippen LogP contribution in [0, 0.1) is 12.7 Å². The number of carbonyl (C=O) groups is 2. The van der Waals surface area contributed by atoms with Crippen LogP contribution in [0.2, 0.25) is 0 Å². The van der Waals surface area contributed by atoms with Crippen molar-refractivity contribution in [1.82, 2.24) is 14.9 Å². The van der Waals surface area contributed by atoms with Gasteiger partial charge < -0.3 is 24.5 Å². The molecule has 38 heavy (non-hydrogen) atoms. The zero-order chi connectivity index (χ0) is 26.9. The Morgan fingerprint density at radius 1 is 1.34 bits per heavy atom. The molecule has 0 spiro atoms. The van der Waals surface area contributed by atoms with E-state index in [1.165, 1.54) is 10.6 Å². The molecule has 0 saturated carbocycles. The number of nitrogens with one attached hydrogen (secondary N) is 1. The fraction of sp³-hybridized carbons (Fsp3) is 0.407. The number of carbonyl (C=O) groups excluding carboxylic acids is 2. The predicted molar refractivity (Wildman–Crippen MR) is 139 cm³/mol. The molecule has 198 valence electrons. The molecule has 1 aliphatic carbocycles. The molecule has 0 fully saturated rings. The first kappa shape index (κ1) is 24.9. The highest BCUT2D eigenvalue weighted by Crippen LogP contribution is 2.45. The molecular weight excluding hydrogens is 513 g/mol. The van der Waals surface area contributed by atoms with Crippen LogP contribution >= 0.6 is 12.6 Å². The summed E-state index contributed by atoms with van der Waals surface area (Å²) in [6.07, 6.45) is 0.490. The fourth-order valence-corrected chi connectivity index (χ4v) is 6.11. The van der Waals surface area contributed by atoms with Crippen LogP contribution in [0.15, 0.2) is 16.9 Å². The first-order valence-corrected chi connectivity index (χ1v) is 13.2. The van der Waals surface area contributed by atoms with Crippen molar-refractivity contribution in [1.29, 1.82) is 0 Å². The molecule has 0 saturated heterocycles. The number of rotatable bonds is 4. The summed E-state index contributed by atoms with van der Waals surface area (Å²) in [7, 11) is 0. The van der Waals surface area contributed by atoms with Crippen LogP contribution in [0.1, 0.15) is 59.2 Å². The molecule has 1 amide bonds. The maximum absolute atomic E-state index is 14.9. The molecule has 4 heterocycles. The third-order valence-electron chi connectivity index (χ3n) is 7.99. The molecule has 3 aromatic rings. The van der Waals surface area contributed by atoms with Crippen molar-refractivity contribution in [2.45, 2.75) is 57.9 Å². The Balaban J connectivity index is 1.60. The van der Waals surface area contributed by atoms with Crippen LogP contribution in [0.4, 0.5) is 9.18 Å². The van der Waals surface area contributed by atoms with Crippen molar-refractivity contribution >= 4 is 35.6 Å². The van der Waals surface area contributed by atoms with E-state index < -0.39 is 23.7 Å². The highest BCUT2D eigenvalue weighted by atomic mass is 32.1. The Morgan fingerprint density at radius 3 is 2.87 bits per heavy atom. The van der Waals surface area contributed by atoms with Gasteiger partial charge in [-0.3, -0.25) is 4.79 Å². The lowest BCUT2D eigenvalue weighted by atomic mass is 9.81. The predicted octanol–water partition coefficient (Wildman–Crippen LogP) is 3.17. The van der Waals surface area contributed by atoms with Crippen LogP contribution in [0.5, 0.6) is 0 Å². The van der Waals surface area contributed by atoms with Crippen molar-refractivity contribution in [3.05, 3.63) is 61.7 Å². The van der Waals surface area contributed by atoms with Gasteiger partial charge in [0, 0.05) is 28.3 Å². The first-order valence-electron chi connectivity index (χ1n) is 12.5. The Labute approximate surface area is 222 Å². The summed E-state index contributed by atoms with van der Waals surface area (Å²) in [5.41, 5.74) is 2.24. The molecular formula is C27H26FN3O6S. The molecule has 1 aromatic carbocycles. The first-order chi connectivity index (χ1) is 18.2. The number of aromatic nitrogens is 2. The summed E-state index contributed by atoms with van der Waals surface area (Å²) >= 11 is 4.08. The number of amides is 1. The van der Waals surface area contributed by atoms with E-state index in [-0.39, 0.29) is 48.7 Å². The largest absolute Gasteiger partial charge is 0.458 e. The van der Waals surface area contributed by atoms with E-state index in [0.717, 1.165) is 22.1 Å². The van der Waals surface area contributed by atoms with Gasteiger partial charge in [0.25, 0.3) is 5.56 Å². The lowest BCUT2D eigenvalue weighted by molar-refractivity contribution is -0.172. The molecule has 0 unspecified atom stereocenters. The van der Waals surface area contributed by atoms with E-state index in [2.05, 4.69) is 17.9 Å². The molecule has 0 bridgehead atoms. The van der Waals surface area contributed by atoms with Gasteiger partial charge in [0.1, 0.15) is 19.0 Å². The van der Waals surface area contributed by atoms with E-state index >= 15 is 0 Å². The molecule has 9 nitrogen and oxygen atoms in total. The summed E-state index contributed by atoms with van der Waals surface area (Å²) in [5.74, 6) is -0.801. The second-order valence-corrected chi connectivity index (χ2v) is 10.4. The molecule has 2 atom stereocenters. The third kappa shape index (κ3) is 3.41. The van der Waals surface area contributed by atoms with Gasteiger partial charge in [-0.05, 0) is 48.9 Å². The maximum Gasteiger partial charge on any atom is 0.407 e. The average molecular weight is 540 g/mol. The minimum absolute atomic E-state index is 0.0270. The van der Waals surface area contributed by atoms with E-state index in [9.17, 15) is 23.9 Å². The van der Waals surface area contributed by atoms with Crippen LogP contribution in [0.3, 0.4) is 0 Å². The number of aliphatic hydroxyl groups is 1. The minimum atomic E-state index is -1.95. The van der Waals surface area contributed by atoms with Gasteiger partial charge in [-0.2, -0.15) is 12.6 Å². The second kappa shape index (κ2) is 8.81. The van der Waals surface area contributed by atoms with Crippen LogP contribution in [-0.4, -0.2) is 39.1 Å². The van der Waals surface area contributed by atoms with Crippen molar-refractivity contribution in [2.75, 3.05) is 12.4 Å². The molecule has 3 aliphatic rings. The normalized spacial score (nSPS) is 21.0. The molecule has 0 radical (unpaired) electrons. The van der Waals surface area contributed by atoms with Gasteiger partial charge in [-0.1, -0.05) is 6.92 Å². The lowest BCUT2D eigenvalue weighted by Gasteiger charge is -2.31. The summed E-state index contributed by atoms with van der Waals surface area (Å²) in [4.78, 5) is 43.4. The molecule has 2 aliphatic heterocycles. The van der Waals surface area contributed by atoms with Gasteiger partial charge in [-0.15, -0.1) is 0 Å². The fourth-order valence-electron chi connectivity index (χ4n) is 6.02. The standard InChI is InChI=1S/C27H26FN3O6S/c1-3-27(35)16-8-20-23-14(10-31(20)24(32)15(16)11-37-25(27)33)22-18(30-26(34)36-6-7-38)5-4-13-12(2)17(28)9-19(29-23)21(13)22/h8-9,18,35,38H,3-7,10-11H2,1-2H3,(H,30,34)/t18-,27-/m0/s1. The van der Waals surface area contributed by atoms with E-state index in [1.54, 1.807) is 19.9 Å². The maximum atomic E-state index is 14.9. The number of benzene rings is 1. The minimum Gasteiger partial charge on any atom is -0.458 e. The summed E-state index contributed by atoms with van der Waals surface area (Å²) in [6, 6.07) is 2.55. The average Bonchev–Trinajstić information content (AvgIpc) is 3.27. The SMILES string of the molecule is CC[C@@]1(O)C(=O)OCc2c1cc1n(c2=O)Cc2c-1nc1cc(F)c(C)c3c1c2[C@@H](NC(=O)OCCS)CC3. The topological polar surface area (TPSA) is 120 Å². The van der Waals surface area contributed by atoms with Crippen LogP contribution in [0.25, 0.3) is 22.3 Å². The zero-order valence-corrected chi connectivity index (χ0v) is 21.8. The number of hydrogen-bond donors (Lipinski definition) is 3. The van der Waals surface area contributed by atoms with Crippen LogP contribution in [-0.2, 0) is 39.4 Å².